The number of imidazole rings is 1. The van der Waals surface area contributed by atoms with Crippen LogP contribution in [0.1, 0.15) is 68.4 Å². The smallest absolute Gasteiger partial charge is 0.216 e. The maximum Gasteiger partial charge on any atom is 0.216 e. The predicted octanol–water partition coefficient (Wildman–Crippen LogP) is 13.6. The molecule has 0 aliphatic rings. The van der Waals surface area contributed by atoms with Crippen molar-refractivity contribution < 1.29 is 30.0 Å². The van der Waals surface area contributed by atoms with Crippen molar-refractivity contribution in [3.63, 3.8) is 0 Å². The molecule has 0 bridgehead atoms. The van der Waals surface area contributed by atoms with Crippen molar-refractivity contribution >= 4 is 46.4 Å². The Morgan fingerprint density at radius 1 is 0.833 bits per heavy atom. The molecule has 0 unspecified atom stereocenters. The number of pyridine rings is 2. The van der Waals surface area contributed by atoms with E-state index in [1.54, 1.807) is 12.1 Å². The summed E-state index contributed by atoms with van der Waals surface area (Å²) in [6, 6.07) is 47.0. The summed E-state index contributed by atoms with van der Waals surface area (Å²) in [5, 5.41) is 3.19. The molecule has 0 saturated carbocycles. The zero-order valence-corrected chi connectivity index (χ0v) is 39.0. The van der Waals surface area contributed by atoms with Gasteiger partial charge >= 0.3 is 0 Å². The zero-order valence-electron chi connectivity index (χ0n) is 39.7. The molecule has 0 aliphatic carbocycles. The Labute approximate surface area is 374 Å². The van der Waals surface area contributed by atoms with Crippen LogP contribution >= 0.6 is 0 Å². The van der Waals surface area contributed by atoms with E-state index in [2.05, 4.69) is 140 Å². The molecular formula is C53H52IrN4OSi-2. The maximum atomic E-state index is 8.48. The predicted molar refractivity (Wildman–Crippen MR) is 250 cm³/mol. The molecule has 0 fully saturated rings. The summed E-state index contributed by atoms with van der Waals surface area (Å²) < 4.78 is 39.4. The minimum atomic E-state index is -2.13. The van der Waals surface area contributed by atoms with E-state index in [0.29, 0.717) is 5.71 Å². The SMILES string of the molecule is Cc1ccc2c(n1)oc1c(-c3nc4ccccc4n3-c3ccc(C(C)(C)C)cc3-c3ccccc3)[c-]ccc12.[2H]C([2H])([2H])c1c[c-]c(-c2cc(C([2H])(C)C)c([Si](C)(C)C)cn2)cc1.[Ir]. The molecule has 60 heavy (non-hydrogen) atoms. The number of aromatic nitrogens is 4. The van der Waals surface area contributed by atoms with Crippen molar-refractivity contribution in [2.24, 2.45) is 0 Å². The first kappa shape index (κ1) is 37.5. The summed E-state index contributed by atoms with van der Waals surface area (Å²) in [7, 11) is -1.61. The summed E-state index contributed by atoms with van der Waals surface area (Å²) in [6.07, 6.45) is 1.89. The molecular weight excluding hydrogens is 929 g/mol. The first-order valence-electron chi connectivity index (χ1n) is 22.1. The summed E-state index contributed by atoms with van der Waals surface area (Å²) in [6.45, 7) is 17.1. The Balaban J connectivity index is 0.000000212. The number of nitrogens with zero attached hydrogens (tertiary/aromatic N) is 4. The molecule has 9 rings (SSSR count). The van der Waals surface area contributed by atoms with E-state index in [4.69, 9.17) is 14.9 Å². The molecule has 5 nitrogen and oxygen atoms in total. The fourth-order valence-corrected chi connectivity index (χ4v) is 9.14. The Bertz CT molecular complexity index is 3120. The second-order valence-corrected chi connectivity index (χ2v) is 22.5. The first-order chi connectivity index (χ1) is 29.7. The summed E-state index contributed by atoms with van der Waals surface area (Å²) in [5.41, 5.74) is 12.5. The molecule has 0 saturated heterocycles. The van der Waals surface area contributed by atoms with Crippen molar-refractivity contribution in [1.82, 2.24) is 19.5 Å². The average Bonchev–Trinajstić information content (AvgIpc) is 3.81. The van der Waals surface area contributed by atoms with Crippen LogP contribution in [0.5, 0.6) is 0 Å². The van der Waals surface area contributed by atoms with Gasteiger partial charge in [-0.05, 0) is 76.6 Å². The monoisotopic (exact) mass is 985 g/mol. The Morgan fingerprint density at radius 3 is 2.30 bits per heavy atom. The van der Waals surface area contributed by atoms with E-state index in [1.165, 1.54) is 16.8 Å². The second-order valence-electron chi connectivity index (χ2n) is 17.5. The van der Waals surface area contributed by atoms with Crippen LogP contribution in [0.2, 0.25) is 19.6 Å². The van der Waals surface area contributed by atoms with Crippen molar-refractivity contribution in [1.29, 1.82) is 0 Å². The van der Waals surface area contributed by atoms with E-state index in [-0.39, 0.29) is 31.1 Å². The minimum Gasteiger partial charge on any atom is -0.486 e. The van der Waals surface area contributed by atoms with E-state index in [0.717, 1.165) is 78.1 Å². The minimum absolute atomic E-state index is 0. The summed E-state index contributed by atoms with van der Waals surface area (Å²) in [5.74, 6) is 0.0737. The number of furan rings is 1. The third kappa shape index (κ3) is 8.45. The molecule has 9 aromatic rings. The van der Waals surface area contributed by atoms with Gasteiger partial charge in [0.05, 0.1) is 30.5 Å². The number of para-hydroxylation sites is 2. The van der Waals surface area contributed by atoms with Crippen LogP contribution in [0.25, 0.3) is 72.6 Å². The maximum absolute atomic E-state index is 8.48. The quantitative estimate of drug-likeness (QED) is 0.123. The fraction of sp³-hybridized carbons (Fsp3) is 0.226. The summed E-state index contributed by atoms with van der Waals surface area (Å²) in [4.78, 5) is 14.4. The number of hydrogen-bond donors (Lipinski definition) is 0. The molecule has 1 radical (unpaired) electrons. The van der Waals surface area contributed by atoms with Gasteiger partial charge in [0.25, 0.3) is 0 Å². The van der Waals surface area contributed by atoms with Gasteiger partial charge in [-0.2, -0.15) is 0 Å². The van der Waals surface area contributed by atoms with Crippen LogP contribution in [-0.2, 0) is 25.5 Å². The Kier molecular flexibility index (Phi) is 10.6. The van der Waals surface area contributed by atoms with Crippen LogP contribution in [0.4, 0.5) is 0 Å². The third-order valence-corrected chi connectivity index (χ3v) is 12.8. The van der Waals surface area contributed by atoms with Crippen molar-refractivity contribution in [2.45, 2.75) is 79.3 Å². The first-order valence-corrected chi connectivity index (χ1v) is 23.6. The third-order valence-electron chi connectivity index (χ3n) is 10.7. The number of benzene rings is 5. The molecule has 0 N–H and O–H groups in total. The zero-order chi connectivity index (χ0) is 45.1. The van der Waals surface area contributed by atoms with Crippen LogP contribution < -0.4 is 5.19 Å². The molecule has 305 valence electrons. The summed E-state index contributed by atoms with van der Waals surface area (Å²) >= 11 is 0. The number of aryl methyl sites for hydroxylation is 2. The standard InChI is InChI=1S/C35H28N3O.C18H24NSi.Ir/c1-22-17-19-26-25-13-10-14-27(32(25)39-34(26)36-22)33-37-29-15-8-9-16-31(29)38(33)30-20-18-24(35(2,3)4)21-28(30)23-11-6-5-7-12-23;1-13(2)16-11-17(15-9-7-14(3)8-10-15)19-12-18(16)20(4,5)6;/h5-13,15-21H,1-4H3;7-9,11-13H,1-6H3;/q2*-1;/i;3D3,13D;. The van der Waals surface area contributed by atoms with Crippen LogP contribution in [0, 0.1) is 25.9 Å². The largest absolute Gasteiger partial charge is 0.486 e. The van der Waals surface area contributed by atoms with Gasteiger partial charge in [0.1, 0.15) is 0 Å². The van der Waals surface area contributed by atoms with E-state index in [1.807, 2.05) is 57.3 Å². The number of fused-ring (bicyclic) bond motifs is 4. The Hall–Kier alpha value is -5.46. The van der Waals surface area contributed by atoms with Crippen molar-refractivity contribution in [3.8, 4) is 39.5 Å². The van der Waals surface area contributed by atoms with Gasteiger partial charge in [0.15, 0.2) is 0 Å². The normalized spacial score (nSPS) is 13.2. The molecule has 7 heteroatoms. The molecule has 0 spiro atoms. The van der Waals surface area contributed by atoms with Gasteiger partial charge in [-0.25, -0.2) is 4.98 Å². The van der Waals surface area contributed by atoms with Gasteiger partial charge in [-0.15, -0.1) is 53.6 Å². The van der Waals surface area contributed by atoms with E-state index >= 15 is 0 Å². The number of hydrogen-bond acceptors (Lipinski definition) is 4. The molecule has 5 aromatic carbocycles. The molecule has 0 aliphatic heterocycles. The molecule has 4 aromatic heterocycles. The fourth-order valence-electron chi connectivity index (χ4n) is 7.56. The topological polar surface area (TPSA) is 56.7 Å². The van der Waals surface area contributed by atoms with Gasteiger partial charge < -0.3 is 14.0 Å². The van der Waals surface area contributed by atoms with E-state index in [9.17, 15) is 0 Å². The number of rotatable bonds is 6. The molecule has 4 heterocycles. The van der Waals surface area contributed by atoms with E-state index < -0.39 is 20.8 Å². The van der Waals surface area contributed by atoms with Crippen molar-refractivity contribution in [2.75, 3.05) is 0 Å². The molecule has 0 amide bonds. The average molecular weight is 985 g/mol. The van der Waals surface area contributed by atoms with Crippen LogP contribution in [0.15, 0.2) is 132 Å². The van der Waals surface area contributed by atoms with Gasteiger partial charge in [-0.3, -0.25) is 4.98 Å². The van der Waals surface area contributed by atoms with Crippen LogP contribution in [-0.4, -0.2) is 27.6 Å². The van der Waals surface area contributed by atoms with Gasteiger partial charge in [-0.1, -0.05) is 132 Å². The Morgan fingerprint density at radius 2 is 1.60 bits per heavy atom. The van der Waals surface area contributed by atoms with Crippen LogP contribution in [0.3, 0.4) is 0 Å². The van der Waals surface area contributed by atoms with Gasteiger partial charge in [0.2, 0.25) is 5.71 Å². The van der Waals surface area contributed by atoms with Crippen molar-refractivity contribution in [3.05, 3.63) is 162 Å². The molecule has 0 atom stereocenters. The van der Waals surface area contributed by atoms with Gasteiger partial charge in [0, 0.05) is 54.1 Å². The second kappa shape index (κ2) is 16.9.